The van der Waals surface area contributed by atoms with Crippen molar-refractivity contribution in [2.75, 3.05) is 12.3 Å². The molecule has 0 aliphatic rings. The van der Waals surface area contributed by atoms with E-state index in [-0.39, 0.29) is 6.10 Å². The summed E-state index contributed by atoms with van der Waals surface area (Å²) in [4.78, 5) is 8.26. The summed E-state index contributed by atoms with van der Waals surface area (Å²) in [5, 5.41) is 6.09. The van der Waals surface area contributed by atoms with Crippen LogP contribution in [0.5, 0.6) is 0 Å². The normalized spacial score (nSPS) is 12.9. The second-order valence-corrected chi connectivity index (χ2v) is 4.02. The minimum atomic E-state index is -0.182. The van der Waals surface area contributed by atoms with Crippen LogP contribution in [-0.2, 0) is 4.74 Å². The third-order valence-corrected chi connectivity index (χ3v) is 2.64. The van der Waals surface area contributed by atoms with Gasteiger partial charge in [-0.3, -0.25) is 0 Å². The van der Waals surface area contributed by atoms with E-state index in [0.29, 0.717) is 29.1 Å². The highest BCUT2D eigenvalue weighted by Crippen LogP contribution is 2.23. The molecule has 0 bridgehead atoms. The first-order valence-corrected chi connectivity index (χ1v) is 5.75. The van der Waals surface area contributed by atoms with Crippen LogP contribution in [0, 0.1) is 0 Å². The van der Waals surface area contributed by atoms with E-state index in [1.54, 1.807) is 5.38 Å². The lowest BCUT2D eigenvalue weighted by molar-refractivity contribution is 0.0683. The summed E-state index contributed by atoms with van der Waals surface area (Å²) in [6.07, 6.45) is -0.182. The van der Waals surface area contributed by atoms with Gasteiger partial charge in [0.1, 0.15) is 11.8 Å². The standard InChI is InChI=1S/C9H12N4O2S/c1-3-14-5(2)7-12-8(15-13-7)6-4-16-9(10)11-6/h4-5H,3H2,1-2H3,(H2,10,11). The van der Waals surface area contributed by atoms with Gasteiger partial charge in [0.25, 0.3) is 5.89 Å². The molecule has 2 heterocycles. The van der Waals surface area contributed by atoms with Gasteiger partial charge in [0, 0.05) is 12.0 Å². The molecular weight excluding hydrogens is 228 g/mol. The topological polar surface area (TPSA) is 87.1 Å². The molecule has 0 spiro atoms. The van der Waals surface area contributed by atoms with Crippen LogP contribution < -0.4 is 5.73 Å². The van der Waals surface area contributed by atoms with Crippen molar-refractivity contribution >= 4 is 16.5 Å². The first-order valence-electron chi connectivity index (χ1n) is 4.87. The van der Waals surface area contributed by atoms with Crippen LogP contribution in [0.4, 0.5) is 5.13 Å². The number of nitrogen functional groups attached to an aromatic ring is 1. The number of rotatable bonds is 4. The van der Waals surface area contributed by atoms with Gasteiger partial charge in [-0.25, -0.2) is 4.98 Å². The fourth-order valence-electron chi connectivity index (χ4n) is 1.21. The predicted molar refractivity (Wildman–Crippen MR) is 59.9 cm³/mol. The van der Waals surface area contributed by atoms with E-state index in [2.05, 4.69) is 15.1 Å². The number of aromatic nitrogens is 3. The molecule has 1 atom stereocenters. The molecule has 0 radical (unpaired) electrons. The molecule has 0 aliphatic heterocycles. The quantitative estimate of drug-likeness (QED) is 0.877. The first-order chi connectivity index (χ1) is 7.70. The third-order valence-electron chi connectivity index (χ3n) is 1.96. The number of thiazole rings is 1. The van der Waals surface area contributed by atoms with Crippen molar-refractivity contribution in [1.82, 2.24) is 15.1 Å². The van der Waals surface area contributed by atoms with Gasteiger partial charge in [0.15, 0.2) is 5.13 Å². The van der Waals surface area contributed by atoms with Crippen LogP contribution in [0.2, 0.25) is 0 Å². The number of hydrogen-bond donors (Lipinski definition) is 1. The zero-order chi connectivity index (χ0) is 11.5. The Balaban J connectivity index is 2.19. The van der Waals surface area contributed by atoms with Crippen LogP contribution >= 0.6 is 11.3 Å². The van der Waals surface area contributed by atoms with Crippen molar-refractivity contribution in [2.45, 2.75) is 20.0 Å². The second kappa shape index (κ2) is 4.58. The molecular formula is C9H12N4O2S. The highest BCUT2D eigenvalue weighted by molar-refractivity contribution is 7.13. The van der Waals surface area contributed by atoms with Crippen LogP contribution in [0.25, 0.3) is 11.6 Å². The lowest BCUT2D eigenvalue weighted by Gasteiger charge is -2.04. The molecule has 2 aromatic rings. The number of nitrogens with zero attached hydrogens (tertiary/aromatic N) is 3. The van der Waals surface area contributed by atoms with Crippen LogP contribution in [0.1, 0.15) is 25.8 Å². The van der Waals surface area contributed by atoms with E-state index in [1.807, 2.05) is 13.8 Å². The van der Waals surface area contributed by atoms with Crippen molar-refractivity contribution in [3.8, 4) is 11.6 Å². The van der Waals surface area contributed by atoms with Gasteiger partial charge in [-0.1, -0.05) is 5.16 Å². The van der Waals surface area contributed by atoms with E-state index >= 15 is 0 Å². The first kappa shape index (κ1) is 11.0. The van der Waals surface area contributed by atoms with Gasteiger partial charge in [-0.2, -0.15) is 4.98 Å². The molecule has 0 aliphatic carbocycles. The van der Waals surface area contributed by atoms with Crippen molar-refractivity contribution in [3.63, 3.8) is 0 Å². The van der Waals surface area contributed by atoms with Gasteiger partial charge in [0.05, 0.1) is 0 Å². The van der Waals surface area contributed by atoms with E-state index in [9.17, 15) is 0 Å². The summed E-state index contributed by atoms with van der Waals surface area (Å²) in [5.74, 6) is 0.887. The second-order valence-electron chi connectivity index (χ2n) is 3.13. The van der Waals surface area contributed by atoms with Crippen LogP contribution in [0.15, 0.2) is 9.90 Å². The average Bonchev–Trinajstić information content (AvgIpc) is 2.85. The third kappa shape index (κ3) is 2.20. The molecule has 0 aromatic carbocycles. The van der Waals surface area contributed by atoms with Crippen LogP contribution in [0.3, 0.4) is 0 Å². The summed E-state index contributed by atoms with van der Waals surface area (Å²) in [6, 6.07) is 0. The molecule has 2 rings (SSSR count). The SMILES string of the molecule is CCOC(C)c1noc(-c2csc(N)n2)n1. The monoisotopic (exact) mass is 240 g/mol. The Kier molecular flexibility index (Phi) is 3.16. The van der Waals surface area contributed by atoms with Crippen LogP contribution in [-0.4, -0.2) is 21.7 Å². The van der Waals surface area contributed by atoms with E-state index in [0.717, 1.165) is 0 Å². The predicted octanol–water partition coefficient (Wildman–Crippen LogP) is 1.87. The van der Waals surface area contributed by atoms with Crippen molar-refractivity contribution in [2.24, 2.45) is 0 Å². The molecule has 0 saturated heterocycles. The largest absolute Gasteiger partial charge is 0.375 e. The maximum absolute atomic E-state index is 5.52. The Morgan fingerprint density at radius 3 is 3.00 bits per heavy atom. The van der Waals surface area contributed by atoms with Crippen molar-refractivity contribution in [3.05, 3.63) is 11.2 Å². The maximum atomic E-state index is 5.52. The number of nitrogens with two attached hydrogens (primary N) is 1. The Morgan fingerprint density at radius 1 is 1.56 bits per heavy atom. The highest BCUT2D eigenvalue weighted by Gasteiger charge is 2.16. The fraction of sp³-hybridized carbons (Fsp3) is 0.444. The number of hydrogen-bond acceptors (Lipinski definition) is 7. The summed E-state index contributed by atoms with van der Waals surface area (Å²) < 4.78 is 10.4. The molecule has 0 fully saturated rings. The molecule has 6 nitrogen and oxygen atoms in total. The smallest absolute Gasteiger partial charge is 0.277 e. The lowest BCUT2D eigenvalue weighted by atomic mass is 10.4. The van der Waals surface area contributed by atoms with Gasteiger partial charge in [-0.15, -0.1) is 11.3 Å². The van der Waals surface area contributed by atoms with E-state index < -0.39 is 0 Å². The summed E-state index contributed by atoms with van der Waals surface area (Å²) in [6.45, 7) is 4.39. The van der Waals surface area contributed by atoms with Crippen molar-refractivity contribution in [1.29, 1.82) is 0 Å². The summed E-state index contributed by atoms with van der Waals surface area (Å²) in [5.41, 5.74) is 6.12. The van der Waals surface area contributed by atoms with Gasteiger partial charge >= 0.3 is 0 Å². The average molecular weight is 240 g/mol. The number of ether oxygens (including phenoxy) is 1. The molecule has 1 unspecified atom stereocenters. The molecule has 0 amide bonds. The lowest BCUT2D eigenvalue weighted by Crippen LogP contribution is -2.01. The van der Waals surface area contributed by atoms with E-state index in [1.165, 1.54) is 11.3 Å². The van der Waals surface area contributed by atoms with Crippen molar-refractivity contribution < 1.29 is 9.26 Å². The zero-order valence-corrected chi connectivity index (χ0v) is 9.82. The van der Waals surface area contributed by atoms with E-state index in [4.69, 9.17) is 15.0 Å². The highest BCUT2D eigenvalue weighted by atomic mass is 32.1. The maximum Gasteiger partial charge on any atom is 0.277 e. The molecule has 7 heteroatoms. The minimum absolute atomic E-state index is 0.182. The molecule has 16 heavy (non-hydrogen) atoms. The molecule has 2 N–H and O–H groups in total. The Bertz CT molecular complexity index is 468. The minimum Gasteiger partial charge on any atom is -0.375 e. The Labute approximate surface area is 96.4 Å². The molecule has 2 aromatic heterocycles. The Hall–Kier alpha value is -1.47. The summed E-state index contributed by atoms with van der Waals surface area (Å²) in [7, 11) is 0. The zero-order valence-electron chi connectivity index (χ0n) is 9.01. The van der Waals surface area contributed by atoms with Gasteiger partial charge < -0.3 is 15.0 Å². The fourth-order valence-corrected chi connectivity index (χ4v) is 1.75. The summed E-state index contributed by atoms with van der Waals surface area (Å²) >= 11 is 1.33. The molecule has 86 valence electrons. The van der Waals surface area contributed by atoms with Gasteiger partial charge in [0.2, 0.25) is 5.82 Å². The number of anilines is 1. The molecule has 0 saturated carbocycles. The van der Waals surface area contributed by atoms with Gasteiger partial charge in [-0.05, 0) is 13.8 Å². The Morgan fingerprint density at radius 2 is 2.38 bits per heavy atom.